The normalized spacial score (nSPS) is 14.7. The summed E-state index contributed by atoms with van der Waals surface area (Å²) >= 11 is 0. The van der Waals surface area contributed by atoms with E-state index in [1.54, 1.807) is 30.3 Å². The molecule has 5 nitrogen and oxygen atoms in total. The third-order valence-corrected chi connectivity index (χ3v) is 4.73. The van der Waals surface area contributed by atoms with Crippen molar-refractivity contribution < 1.29 is 9.59 Å². The van der Waals surface area contributed by atoms with Crippen LogP contribution in [0.25, 0.3) is 6.08 Å². The van der Waals surface area contributed by atoms with Crippen LogP contribution in [0.5, 0.6) is 0 Å². The maximum absolute atomic E-state index is 12.1. The molecule has 5 heteroatoms. The number of rotatable bonds is 5. The van der Waals surface area contributed by atoms with Crippen molar-refractivity contribution in [3.8, 4) is 0 Å². The molecule has 140 valence electrons. The van der Waals surface area contributed by atoms with Gasteiger partial charge in [0.05, 0.1) is 0 Å². The molecule has 1 aliphatic rings. The van der Waals surface area contributed by atoms with E-state index in [1.165, 1.54) is 37.4 Å². The van der Waals surface area contributed by atoms with E-state index >= 15 is 0 Å². The Morgan fingerprint density at radius 1 is 0.889 bits per heavy atom. The van der Waals surface area contributed by atoms with Crippen LogP contribution in [0.15, 0.2) is 54.6 Å². The van der Waals surface area contributed by atoms with E-state index in [1.807, 2.05) is 12.1 Å². The number of hydrogen-bond donors (Lipinski definition) is 2. The highest BCUT2D eigenvalue weighted by atomic mass is 16.1. The second-order valence-electron chi connectivity index (χ2n) is 6.76. The number of amides is 2. The molecule has 2 aromatic rings. The van der Waals surface area contributed by atoms with Crippen LogP contribution in [0.1, 0.15) is 41.6 Å². The van der Waals surface area contributed by atoms with Crippen LogP contribution < -0.4 is 16.0 Å². The fourth-order valence-corrected chi connectivity index (χ4v) is 3.20. The summed E-state index contributed by atoms with van der Waals surface area (Å²) in [4.78, 5) is 25.5. The molecule has 0 aliphatic carbocycles. The van der Waals surface area contributed by atoms with Gasteiger partial charge < -0.3 is 16.0 Å². The summed E-state index contributed by atoms with van der Waals surface area (Å²) in [6, 6.07) is 14.8. The van der Waals surface area contributed by atoms with Crippen molar-refractivity contribution in [3.05, 3.63) is 65.7 Å². The Morgan fingerprint density at radius 3 is 2.11 bits per heavy atom. The van der Waals surface area contributed by atoms with Gasteiger partial charge in [-0.05, 0) is 60.9 Å². The summed E-state index contributed by atoms with van der Waals surface area (Å²) in [7, 11) is 0. The summed E-state index contributed by atoms with van der Waals surface area (Å²) < 4.78 is 0. The average molecular weight is 363 g/mol. The van der Waals surface area contributed by atoms with E-state index in [0.717, 1.165) is 18.7 Å². The van der Waals surface area contributed by atoms with Gasteiger partial charge in [-0.1, -0.05) is 25.0 Å². The Labute approximate surface area is 159 Å². The number of nitrogens with two attached hydrogens (primary N) is 1. The monoisotopic (exact) mass is 363 g/mol. The SMILES string of the molecule is NC(=O)c1ccc(NC(=O)/C=C/c2ccc(N3CCCCCC3)cc2)cc1. The topological polar surface area (TPSA) is 75.4 Å². The summed E-state index contributed by atoms with van der Waals surface area (Å²) in [6.07, 6.45) is 8.43. The maximum Gasteiger partial charge on any atom is 0.248 e. The lowest BCUT2D eigenvalue weighted by atomic mass is 10.1. The lowest BCUT2D eigenvalue weighted by molar-refractivity contribution is -0.111. The molecule has 0 bridgehead atoms. The molecule has 3 rings (SSSR count). The molecule has 1 heterocycles. The Balaban J connectivity index is 1.56. The summed E-state index contributed by atoms with van der Waals surface area (Å²) in [5, 5.41) is 2.76. The van der Waals surface area contributed by atoms with Crippen LogP contribution in [-0.2, 0) is 4.79 Å². The smallest absolute Gasteiger partial charge is 0.248 e. The number of carbonyl (C=O) groups excluding carboxylic acids is 2. The minimum Gasteiger partial charge on any atom is -0.372 e. The van der Waals surface area contributed by atoms with Crippen LogP contribution in [0.3, 0.4) is 0 Å². The number of nitrogens with zero attached hydrogens (tertiary/aromatic N) is 1. The first kappa shape index (κ1) is 18.7. The van der Waals surface area contributed by atoms with Crippen molar-refractivity contribution >= 4 is 29.3 Å². The zero-order valence-electron chi connectivity index (χ0n) is 15.4. The van der Waals surface area contributed by atoms with E-state index in [0.29, 0.717) is 11.3 Å². The van der Waals surface area contributed by atoms with Gasteiger partial charge in [-0.3, -0.25) is 9.59 Å². The molecule has 3 N–H and O–H groups in total. The van der Waals surface area contributed by atoms with Crippen molar-refractivity contribution in [2.45, 2.75) is 25.7 Å². The highest BCUT2D eigenvalue weighted by Gasteiger charge is 2.09. The first-order valence-corrected chi connectivity index (χ1v) is 9.36. The van der Waals surface area contributed by atoms with Crippen molar-refractivity contribution in [2.24, 2.45) is 5.73 Å². The Bertz CT molecular complexity index is 802. The average Bonchev–Trinajstić information content (AvgIpc) is 2.97. The zero-order chi connectivity index (χ0) is 19.1. The predicted octanol–water partition coefficient (Wildman–Crippen LogP) is 3.82. The number of nitrogens with one attached hydrogen (secondary N) is 1. The van der Waals surface area contributed by atoms with Gasteiger partial charge in [-0.2, -0.15) is 0 Å². The van der Waals surface area contributed by atoms with E-state index in [9.17, 15) is 9.59 Å². The summed E-state index contributed by atoms with van der Waals surface area (Å²) in [5.41, 5.74) is 8.45. The Kier molecular flexibility index (Phi) is 6.26. The Morgan fingerprint density at radius 2 is 1.52 bits per heavy atom. The van der Waals surface area contributed by atoms with Crippen molar-refractivity contribution in [2.75, 3.05) is 23.3 Å². The van der Waals surface area contributed by atoms with Gasteiger partial charge in [-0.25, -0.2) is 0 Å². The molecule has 0 unspecified atom stereocenters. The second kappa shape index (κ2) is 9.03. The van der Waals surface area contributed by atoms with Crippen LogP contribution in [-0.4, -0.2) is 24.9 Å². The largest absolute Gasteiger partial charge is 0.372 e. The molecule has 0 radical (unpaired) electrons. The van der Waals surface area contributed by atoms with Crippen LogP contribution >= 0.6 is 0 Å². The number of benzene rings is 2. The lowest BCUT2D eigenvalue weighted by Gasteiger charge is -2.22. The number of carbonyl (C=O) groups is 2. The molecule has 27 heavy (non-hydrogen) atoms. The minimum absolute atomic E-state index is 0.224. The highest BCUT2D eigenvalue weighted by Crippen LogP contribution is 2.20. The summed E-state index contributed by atoms with van der Waals surface area (Å²) in [6.45, 7) is 2.23. The van der Waals surface area contributed by atoms with Gasteiger partial charge in [0.25, 0.3) is 0 Å². The van der Waals surface area contributed by atoms with Crippen molar-refractivity contribution in [1.82, 2.24) is 0 Å². The van der Waals surface area contributed by atoms with E-state index < -0.39 is 5.91 Å². The molecule has 0 spiro atoms. The fraction of sp³-hybridized carbons (Fsp3) is 0.273. The minimum atomic E-state index is -0.489. The van der Waals surface area contributed by atoms with Crippen LogP contribution in [0, 0.1) is 0 Å². The lowest BCUT2D eigenvalue weighted by Crippen LogP contribution is -2.23. The standard InChI is InChI=1S/C22H25N3O2/c23-22(27)18-8-10-19(11-9-18)24-21(26)14-7-17-5-12-20(13-6-17)25-15-3-1-2-4-16-25/h5-14H,1-4,15-16H2,(H2,23,27)(H,24,26)/b14-7+. The summed E-state index contributed by atoms with van der Waals surface area (Å²) in [5.74, 6) is -0.713. The van der Waals surface area contributed by atoms with Gasteiger partial charge in [0.2, 0.25) is 11.8 Å². The van der Waals surface area contributed by atoms with E-state index in [2.05, 4.69) is 22.3 Å². The molecule has 1 fully saturated rings. The van der Waals surface area contributed by atoms with Gasteiger partial charge in [0, 0.05) is 36.1 Å². The third-order valence-electron chi connectivity index (χ3n) is 4.73. The first-order valence-electron chi connectivity index (χ1n) is 9.36. The van der Waals surface area contributed by atoms with Gasteiger partial charge in [0.1, 0.15) is 0 Å². The fourth-order valence-electron chi connectivity index (χ4n) is 3.20. The van der Waals surface area contributed by atoms with Crippen LogP contribution in [0.4, 0.5) is 11.4 Å². The molecule has 0 saturated carbocycles. The quantitative estimate of drug-likeness (QED) is 0.793. The van der Waals surface area contributed by atoms with Gasteiger partial charge in [0.15, 0.2) is 0 Å². The van der Waals surface area contributed by atoms with E-state index in [-0.39, 0.29) is 5.91 Å². The molecule has 0 atom stereocenters. The number of primary amides is 1. The van der Waals surface area contributed by atoms with Crippen molar-refractivity contribution in [3.63, 3.8) is 0 Å². The molecular weight excluding hydrogens is 338 g/mol. The predicted molar refractivity (Wildman–Crippen MR) is 110 cm³/mol. The zero-order valence-corrected chi connectivity index (χ0v) is 15.4. The molecule has 2 amide bonds. The molecular formula is C22H25N3O2. The second-order valence-corrected chi connectivity index (χ2v) is 6.76. The third kappa shape index (κ3) is 5.45. The first-order chi connectivity index (χ1) is 13.1. The molecule has 1 saturated heterocycles. The number of hydrogen-bond acceptors (Lipinski definition) is 3. The van der Waals surface area contributed by atoms with E-state index in [4.69, 9.17) is 5.73 Å². The van der Waals surface area contributed by atoms with Crippen molar-refractivity contribution in [1.29, 1.82) is 0 Å². The van der Waals surface area contributed by atoms with Crippen LogP contribution in [0.2, 0.25) is 0 Å². The maximum atomic E-state index is 12.1. The molecule has 0 aromatic heterocycles. The highest BCUT2D eigenvalue weighted by molar-refractivity contribution is 6.02. The van der Waals surface area contributed by atoms with Gasteiger partial charge in [-0.15, -0.1) is 0 Å². The number of anilines is 2. The van der Waals surface area contributed by atoms with Gasteiger partial charge >= 0.3 is 0 Å². The molecule has 1 aliphatic heterocycles. The Hall–Kier alpha value is -3.08. The molecule has 2 aromatic carbocycles.